The second-order valence-corrected chi connectivity index (χ2v) is 5.11. The lowest BCUT2D eigenvalue weighted by Crippen LogP contribution is -2.45. The van der Waals surface area contributed by atoms with Gasteiger partial charge < -0.3 is 14.4 Å². The Balaban J connectivity index is 2.43. The number of morpholine rings is 1. The maximum Gasteiger partial charge on any atom is 0.337 e. The monoisotopic (exact) mass is 294 g/mol. The van der Waals surface area contributed by atoms with Crippen molar-refractivity contribution in [3.8, 4) is 0 Å². The first kappa shape index (κ1) is 15.2. The van der Waals surface area contributed by atoms with E-state index < -0.39 is 10.9 Å². The topological polar surface area (TPSA) is 81.9 Å². The van der Waals surface area contributed by atoms with Crippen molar-refractivity contribution in [2.75, 3.05) is 25.1 Å². The van der Waals surface area contributed by atoms with Crippen molar-refractivity contribution >= 4 is 17.3 Å². The summed E-state index contributed by atoms with van der Waals surface area (Å²) in [7, 11) is 1.28. The summed E-state index contributed by atoms with van der Waals surface area (Å²) in [6.45, 7) is 4.91. The number of ether oxygens (including phenoxy) is 2. The van der Waals surface area contributed by atoms with E-state index in [4.69, 9.17) is 4.74 Å². The maximum atomic E-state index is 11.6. The van der Waals surface area contributed by atoms with Crippen LogP contribution in [0.1, 0.15) is 24.2 Å². The highest BCUT2D eigenvalue weighted by Crippen LogP contribution is 2.31. The minimum absolute atomic E-state index is 0.0241. The quantitative estimate of drug-likeness (QED) is 0.482. The molecular formula is C14H18N2O5. The molecule has 0 spiro atoms. The average molecular weight is 294 g/mol. The Bertz CT molecular complexity index is 550. The summed E-state index contributed by atoms with van der Waals surface area (Å²) >= 11 is 0. The van der Waals surface area contributed by atoms with Crippen molar-refractivity contribution in [2.24, 2.45) is 0 Å². The number of hydrogen-bond donors (Lipinski definition) is 0. The smallest absolute Gasteiger partial charge is 0.337 e. The number of nitrogens with zero attached hydrogens (tertiary/aromatic N) is 2. The van der Waals surface area contributed by atoms with E-state index in [0.29, 0.717) is 24.3 Å². The molecule has 0 N–H and O–H groups in total. The Morgan fingerprint density at radius 2 is 2.00 bits per heavy atom. The van der Waals surface area contributed by atoms with Gasteiger partial charge in [-0.3, -0.25) is 10.1 Å². The molecule has 0 amide bonds. The van der Waals surface area contributed by atoms with Crippen molar-refractivity contribution in [3.05, 3.63) is 33.9 Å². The lowest BCUT2D eigenvalue weighted by molar-refractivity contribution is -0.384. The van der Waals surface area contributed by atoms with Crippen LogP contribution in [0.2, 0.25) is 0 Å². The SMILES string of the molecule is COC(=O)c1ccc([N+](=O)[O-])c(N2C[C@@H](C)O[C@@H](C)C2)c1. The first-order valence-electron chi connectivity index (χ1n) is 6.69. The third-order valence-electron chi connectivity index (χ3n) is 3.35. The molecule has 0 unspecified atom stereocenters. The molecule has 1 aromatic rings. The molecule has 0 radical (unpaired) electrons. The van der Waals surface area contributed by atoms with Crippen LogP contribution >= 0.6 is 0 Å². The van der Waals surface area contributed by atoms with E-state index in [2.05, 4.69) is 4.74 Å². The highest BCUT2D eigenvalue weighted by atomic mass is 16.6. The van der Waals surface area contributed by atoms with Crippen molar-refractivity contribution in [1.82, 2.24) is 0 Å². The van der Waals surface area contributed by atoms with Crippen LogP contribution in [0.5, 0.6) is 0 Å². The van der Waals surface area contributed by atoms with Crippen molar-refractivity contribution < 1.29 is 19.2 Å². The van der Waals surface area contributed by atoms with E-state index >= 15 is 0 Å². The fraction of sp³-hybridized carbons (Fsp3) is 0.500. The van der Waals surface area contributed by atoms with E-state index in [-0.39, 0.29) is 17.9 Å². The summed E-state index contributed by atoms with van der Waals surface area (Å²) in [5.74, 6) is -0.513. The number of hydrogen-bond acceptors (Lipinski definition) is 6. The zero-order valence-corrected chi connectivity index (χ0v) is 12.2. The van der Waals surface area contributed by atoms with Gasteiger partial charge in [0, 0.05) is 19.2 Å². The van der Waals surface area contributed by atoms with E-state index in [0.717, 1.165) is 0 Å². The molecule has 1 fully saturated rings. The van der Waals surface area contributed by atoms with Crippen LogP contribution in [-0.2, 0) is 9.47 Å². The number of carbonyl (C=O) groups excluding carboxylic acids is 1. The molecule has 7 heteroatoms. The zero-order valence-electron chi connectivity index (χ0n) is 12.2. The molecule has 0 bridgehead atoms. The van der Waals surface area contributed by atoms with Gasteiger partial charge in [0.1, 0.15) is 5.69 Å². The van der Waals surface area contributed by atoms with Crippen LogP contribution in [0.25, 0.3) is 0 Å². The van der Waals surface area contributed by atoms with Crippen LogP contribution in [0.15, 0.2) is 18.2 Å². The molecule has 0 aliphatic carbocycles. The Morgan fingerprint density at radius 3 is 2.52 bits per heavy atom. The van der Waals surface area contributed by atoms with Crippen molar-refractivity contribution in [3.63, 3.8) is 0 Å². The van der Waals surface area contributed by atoms with Gasteiger partial charge in [-0.25, -0.2) is 4.79 Å². The number of benzene rings is 1. The van der Waals surface area contributed by atoms with Crippen LogP contribution in [-0.4, -0.2) is 43.3 Å². The summed E-state index contributed by atoms with van der Waals surface area (Å²) in [4.78, 5) is 24.3. The van der Waals surface area contributed by atoms with Gasteiger partial charge in [0.05, 0.1) is 29.8 Å². The minimum Gasteiger partial charge on any atom is -0.465 e. The predicted molar refractivity (Wildman–Crippen MR) is 76.7 cm³/mol. The van der Waals surface area contributed by atoms with Gasteiger partial charge in [-0.15, -0.1) is 0 Å². The molecule has 1 saturated heterocycles. The summed E-state index contributed by atoms with van der Waals surface area (Å²) in [6.07, 6.45) is -0.0646. The third-order valence-corrected chi connectivity index (χ3v) is 3.35. The number of methoxy groups -OCH3 is 1. The predicted octanol–water partition coefficient (Wildman–Crippen LogP) is 2.00. The summed E-state index contributed by atoms with van der Waals surface area (Å²) in [5, 5.41) is 11.2. The summed E-state index contributed by atoms with van der Waals surface area (Å²) in [6, 6.07) is 4.25. The van der Waals surface area contributed by atoms with Gasteiger partial charge in [0.2, 0.25) is 0 Å². The highest BCUT2D eigenvalue weighted by molar-refractivity contribution is 5.91. The number of rotatable bonds is 3. The number of carbonyl (C=O) groups is 1. The van der Waals surface area contributed by atoms with Gasteiger partial charge in [0.15, 0.2) is 0 Å². The van der Waals surface area contributed by atoms with Crippen molar-refractivity contribution in [2.45, 2.75) is 26.1 Å². The fourth-order valence-corrected chi connectivity index (χ4v) is 2.55. The first-order chi connectivity index (χ1) is 9.92. The summed E-state index contributed by atoms with van der Waals surface area (Å²) in [5.41, 5.74) is 0.693. The first-order valence-corrected chi connectivity index (χ1v) is 6.69. The van der Waals surface area contributed by atoms with E-state index in [9.17, 15) is 14.9 Å². The maximum absolute atomic E-state index is 11.6. The van der Waals surface area contributed by atoms with Gasteiger partial charge in [-0.05, 0) is 26.0 Å². The van der Waals surface area contributed by atoms with Crippen LogP contribution in [0, 0.1) is 10.1 Å². The van der Waals surface area contributed by atoms with Gasteiger partial charge >= 0.3 is 5.97 Å². The van der Waals surface area contributed by atoms with Gasteiger partial charge in [-0.2, -0.15) is 0 Å². The molecule has 1 aromatic carbocycles. The fourth-order valence-electron chi connectivity index (χ4n) is 2.55. The largest absolute Gasteiger partial charge is 0.465 e. The van der Waals surface area contributed by atoms with Crippen LogP contribution in [0.4, 0.5) is 11.4 Å². The molecule has 2 rings (SSSR count). The minimum atomic E-state index is -0.513. The van der Waals surface area contributed by atoms with Gasteiger partial charge in [0.25, 0.3) is 5.69 Å². The molecule has 114 valence electrons. The molecule has 1 heterocycles. The van der Waals surface area contributed by atoms with Crippen LogP contribution in [0.3, 0.4) is 0 Å². The number of esters is 1. The second-order valence-electron chi connectivity index (χ2n) is 5.11. The zero-order chi connectivity index (χ0) is 15.6. The van der Waals surface area contributed by atoms with E-state index in [1.54, 1.807) is 0 Å². The highest BCUT2D eigenvalue weighted by Gasteiger charge is 2.28. The molecule has 7 nitrogen and oxygen atoms in total. The molecule has 1 aliphatic rings. The Kier molecular flexibility index (Phi) is 4.42. The molecule has 0 saturated carbocycles. The molecule has 21 heavy (non-hydrogen) atoms. The lowest BCUT2D eigenvalue weighted by atomic mass is 10.1. The van der Waals surface area contributed by atoms with Crippen molar-refractivity contribution in [1.29, 1.82) is 0 Å². The Hall–Kier alpha value is -2.15. The van der Waals surface area contributed by atoms with Crippen LogP contribution < -0.4 is 4.90 Å². The Morgan fingerprint density at radius 1 is 1.38 bits per heavy atom. The van der Waals surface area contributed by atoms with E-state index in [1.807, 2.05) is 18.7 Å². The third kappa shape index (κ3) is 3.30. The standard InChI is InChI=1S/C14H18N2O5/c1-9-7-15(8-10(2)21-9)13-6-11(14(17)20-3)4-5-12(13)16(18)19/h4-6,9-10H,7-8H2,1-3H3/t9-,10+. The van der Waals surface area contributed by atoms with Gasteiger partial charge in [-0.1, -0.05) is 0 Å². The molecule has 0 aromatic heterocycles. The molecule has 1 aliphatic heterocycles. The normalized spacial score (nSPS) is 22.0. The number of anilines is 1. The average Bonchev–Trinajstić information content (AvgIpc) is 2.44. The molecular weight excluding hydrogens is 276 g/mol. The lowest BCUT2D eigenvalue weighted by Gasteiger charge is -2.36. The second kappa shape index (κ2) is 6.09. The number of nitro benzene ring substituents is 1. The number of nitro groups is 1. The molecule has 2 atom stereocenters. The summed E-state index contributed by atoms with van der Waals surface area (Å²) < 4.78 is 10.3. The Labute approximate surface area is 122 Å². The van der Waals surface area contributed by atoms with E-state index in [1.165, 1.54) is 25.3 Å².